The first-order chi connectivity index (χ1) is 9.24. The van der Waals surface area contributed by atoms with Gasteiger partial charge in [0.05, 0.1) is 12.6 Å². The van der Waals surface area contributed by atoms with Gasteiger partial charge in [-0.3, -0.25) is 4.98 Å². The standard InChI is InChI=1S/C16H20N2O/c1-4-19-15-7-5-13(6-8-15)16(17-3)14-9-10-18-12(2)11-14/h5-11,16-17H,4H2,1-3H3. The third kappa shape index (κ3) is 3.32. The Balaban J connectivity index is 2.26. The Morgan fingerprint density at radius 1 is 1.16 bits per heavy atom. The fourth-order valence-corrected chi connectivity index (χ4v) is 2.20. The summed E-state index contributed by atoms with van der Waals surface area (Å²) in [6, 6.07) is 12.6. The van der Waals surface area contributed by atoms with Crippen LogP contribution in [0, 0.1) is 6.92 Å². The fraction of sp³-hybridized carbons (Fsp3) is 0.312. The summed E-state index contributed by atoms with van der Waals surface area (Å²) in [5, 5.41) is 3.34. The summed E-state index contributed by atoms with van der Waals surface area (Å²) in [4.78, 5) is 4.24. The van der Waals surface area contributed by atoms with E-state index in [1.807, 2.05) is 45.3 Å². The van der Waals surface area contributed by atoms with Gasteiger partial charge in [-0.1, -0.05) is 12.1 Å². The zero-order chi connectivity index (χ0) is 13.7. The molecule has 3 nitrogen and oxygen atoms in total. The highest BCUT2D eigenvalue weighted by molar-refractivity contribution is 5.35. The summed E-state index contributed by atoms with van der Waals surface area (Å²) in [7, 11) is 1.97. The predicted octanol–water partition coefficient (Wildman–Crippen LogP) is 3.10. The van der Waals surface area contributed by atoms with E-state index in [4.69, 9.17) is 4.74 Å². The number of nitrogens with zero attached hydrogens (tertiary/aromatic N) is 1. The molecule has 19 heavy (non-hydrogen) atoms. The van der Waals surface area contributed by atoms with Crippen molar-refractivity contribution in [3.8, 4) is 5.75 Å². The second-order valence-corrected chi connectivity index (χ2v) is 4.45. The van der Waals surface area contributed by atoms with Crippen LogP contribution in [0.15, 0.2) is 42.6 Å². The topological polar surface area (TPSA) is 34.1 Å². The molecule has 0 saturated carbocycles. The minimum atomic E-state index is 0.178. The highest BCUT2D eigenvalue weighted by atomic mass is 16.5. The molecule has 1 atom stereocenters. The van der Waals surface area contributed by atoms with Crippen LogP contribution in [0.3, 0.4) is 0 Å². The SMILES string of the molecule is CCOc1ccc(C(NC)c2ccnc(C)c2)cc1. The van der Waals surface area contributed by atoms with Crippen LogP contribution >= 0.6 is 0 Å². The second-order valence-electron chi connectivity index (χ2n) is 4.45. The van der Waals surface area contributed by atoms with Crippen molar-refractivity contribution in [1.29, 1.82) is 0 Å². The van der Waals surface area contributed by atoms with Crippen molar-refractivity contribution in [3.63, 3.8) is 0 Å². The average Bonchev–Trinajstić information content (AvgIpc) is 2.42. The van der Waals surface area contributed by atoms with E-state index in [-0.39, 0.29) is 6.04 Å². The highest BCUT2D eigenvalue weighted by Gasteiger charge is 2.12. The van der Waals surface area contributed by atoms with Gasteiger partial charge in [-0.05, 0) is 56.3 Å². The van der Waals surface area contributed by atoms with E-state index in [9.17, 15) is 0 Å². The van der Waals surface area contributed by atoms with Crippen LogP contribution in [0.2, 0.25) is 0 Å². The Bertz CT molecular complexity index is 523. The molecule has 2 rings (SSSR count). The molecule has 0 fully saturated rings. The normalized spacial score (nSPS) is 12.2. The lowest BCUT2D eigenvalue weighted by atomic mass is 9.99. The van der Waals surface area contributed by atoms with Gasteiger partial charge in [-0.25, -0.2) is 0 Å². The first kappa shape index (κ1) is 13.6. The van der Waals surface area contributed by atoms with Gasteiger partial charge in [0.25, 0.3) is 0 Å². The molecule has 0 aliphatic carbocycles. The van der Waals surface area contributed by atoms with Gasteiger partial charge in [0.1, 0.15) is 5.75 Å². The first-order valence-corrected chi connectivity index (χ1v) is 6.57. The molecule has 0 saturated heterocycles. The Labute approximate surface area is 114 Å². The largest absolute Gasteiger partial charge is 0.494 e. The Morgan fingerprint density at radius 2 is 1.89 bits per heavy atom. The molecular weight excluding hydrogens is 236 g/mol. The molecule has 0 radical (unpaired) electrons. The maximum absolute atomic E-state index is 5.47. The maximum atomic E-state index is 5.47. The Morgan fingerprint density at radius 3 is 2.47 bits per heavy atom. The number of rotatable bonds is 5. The first-order valence-electron chi connectivity index (χ1n) is 6.57. The Hall–Kier alpha value is -1.87. The van der Waals surface area contributed by atoms with Crippen LogP contribution in [0.1, 0.15) is 29.8 Å². The van der Waals surface area contributed by atoms with Gasteiger partial charge in [0.2, 0.25) is 0 Å². The molecule has 3 heteroatoms. The molecule has 100 valence electrons. The molecule has 0 aliphatic rings. The van der Waals surface area contributed by atoms with E-state index in [0.717, 1.165) is 11.4 Å². The zero-order valence-electron chi connectivity index (χ0n) is 11.7. The van der Waals surface area contributed by atoms with Crippen molar-refractivity contribution in [3.05, 3.63) is 59.4 Å². The summed E-state index contributed by atoms with van der Waals surface area (Å²) in [6.45, 7) is 4.69. The van der Waals surface area contributed by atoms with Crippen molar-refractivity contribution in [2.75, 3.05) is 13.7 Å². The summed E-state index contributed by atoms with van der Waals surface area (Å²) in [5.41, 5.74) is 3.47. The quantitative estimate of drug-likeness (QED) is 0.892. The fourth-order valence-electron chi connectivity index (χ4n) is 2.20. The lowest BCUT2D eigenvalue weighted by molar-refractivity contribution is 0.340. The molecule has 0 bridgehead atoms. The number of hydrogen-bond acceptors (Lipinski definition) is 3. The second kappa shape index (κ2) is 6.34. The van der Waals surface area contributed by atoms with Crippen molar-refractivity contribution in [2.24, 2.45) is 0 Å². The number of nitrogens with one attached hydrogen (secondary N) is 1. The van der Waals surface area contributed by atoms with Crippen LogP contribution in [0.4, 0.5) is 0 Å². The van der Waals surface area contributed by atoms with Crippen molar-refractivity contribution in [2.45, 2.75) is 19.9 Å². The number of aryl methyl sites for hydroxylation is 1. The van der Waals surface area contributed by atoms with E-state index >= 15 is 0 Å². The molecule has 0 spiro atoms. The van der Waals surface area contributed by atoms with Gasteiger partial charge in [0.15, 0.2) is 0 Å². The van der Waals surface area contributed by atoms with Crippen LogP contribution < -0.4 is 10.1 Å². The predicted molar refractivity (Wildman–Crippen MR) is 77.5 cm³/mol. The smallest absolute Gasteiger partial charge is 0.119 e. The van der Waals surface area contributed by atoms with Crippen molar-refractivity contribution in [1.82, 2.24) is 10.3 Å². The van der Waals surface area contributed by atoms with E-state index in [1.165, 1.54) is 11.1 Å². The number of aromatic nitrogens is 1. The lowest BCUT2D eigenvalue weighted by Gasteiger charge is -2.18. The summed E-state index contributed by atoms with van der Waals surface area (Å²) in [5.74, 6) is 0.909. The molecule has 2 aromatic rings. The van der Waals surface area contributed by atoms with Gasteiger partial charge < -0.3 is 10.1 Å². The van der Waals surface area contributed by atoms with Gasteiger partial charge in [0, 0.05) is 11.9 Å². The Kier molecular flexibility index (Phi) is 4.53. The van der Waals surface area contributed by atoms with Crippen LogP contribution in [0.25, 0.3) is 0 Å². The molecule has 1 N–H and O–H groups in total. The van der Waals surface area contributed by atoms with E-state index in [0.29, 0.717) is 6.61 Å². The molecule has 0 amide bonds. The summed E-state index contributed by atoms with van der Waals surface area (Å²) >= 11 is 0. The molecule has 1 unspecified atom stereocenters. The van der Waals surface area contributed by atoms with E-state index in [2.05, 4.69) is 28.5 Å². The lowest BCUT2D eigenvalue weighted by Crippen LogP contribution is -2.17. The van der Waals surface area contributed by atoms with Crippen molar-refractivity contribution >= 4 is 0 Å². The molecule has 0 aliphatic heterocycles. The third-order valence-corrected chi connectivity index (χ3v) is 3.07. The summed E-state index contributed by atoms with van der Waals surface area (Å²) < 4.78 is 5.47. The zero-order valence-corrected chi connectivity index (χ0v) is 11.7. The van der Waals surface area contributed by atoms with Gasteiger partial charge >= 0.3 is 0 Å². The van der Waals surface area contributed by atoms with Crippen molar-refractivity contribution < 1.29 is 4.74 Å². The van der Waals surface area contributed by atoms with Gasteiger partial charge in [-0.2, -0.15) is 0 Å². The number of hydrogen-bond donors (Lipinski definition) is 1. The monoisotopic (exact) mass is 256 g/mol. The highest BCUT2D eigenvalue weighted by Crippen LogP contribution is 2.23. The van der Waals surface area contributed by atoms with Crippen LogP contribution in [0.5, 0.6) is 5.75 Å². The number of ether oxygens (including phenoxy) is 1. The minimum Gasteiger partial charge on any atom is -0.494 e. The van der Waals surface area contributed by atoms with Crippen LogP contribution in [-0.4, -0.2) is 18.6 Å². The third-order valence-electron chi connectivity index (χ3n) is 3.07. The number of pyridine rings is 1. The molecule has 1 aromatic heterocycles. The van der Waals surface area contributed by atoms with E-state index < -0.39 is 0 Å². The molecule has 1 aromatic carbocycles. The summed E-state index contributed by atoms with van der Waals surface area (Å²) in [6.07, 6.45) is 1.85. The average molecular weight is 256 g/mol. The molecule has 1 heterocycles. The van der Waals surface area contributed by atoms with Gasteiger partial charge in [-0.15, -0.1) is 0 Å². The maximum Gasteiger partial charge on any atom is 0.119 e. The number of benzene rings is 1. The molecular formula is C16H20N2O. The van der Waals surface area contributed by atoms with E-state index in [1.54, 1.807) is 0 Å². The van der Waals surface area contributed by atoms with Crippen LogP contribution in [-0.2, 0) is 0 Å². The minimum absolute atomic E-state index is 0.178.